The van der Waals surface area contributed by atoms with Gasteiger partial charge in [-0.05, 0) is 6.92 Å². The van der Waals surface area contributed by atoms with Crippen molar-refractivity contribution in [2.75, 3.05) is 6.54 Å². The van der Waals surface area contributed by atoms with Crippen molar-refractivity contribution in [1.29, 1.82) is 0 Å². The number of nitrogens with zero attached hydrogens (tertiary/aromatic N) is 3. The normalized spacial score (nSPS) is 13.3. The summed E-state index contributed by atoms with van der Waals surface area (Å²) in [7, 11) is 0. The molecular weight excluding hydrogens is 202 g/mol. The van der Waals surface area contributed by atoms with Gasteiger partial charge in [0.05, 0.1) is 11.6 Å². The molecule has 1 atom stereocenters. The lowest BCUT2D eigenvalue weighted by atomic mass is 10.2. The lowest BCUT2D eigenvalue weighted by molar-refractivity contribution is 0.494. The predicted octanol–water partition coefficient (Wildman–Crippen LogP) is 1.23. The van der Waals surface area contributed by atoms with Gasteiger partial charge in [-0.1, -0.05) is 5.21 Å². The third-order valence-corrected chi connectivity index (χ3v) is 2.27. The van der Waals surface area contributed by atoms with Gasteiger partial charge in [0.25, 0.3) is 0 Å². The number of aromatic nitrogens is 3. The maximum atomic E-state index is 13.0. The van der Waals surface area contributed by atoms with Crippen molar-refractivity contribution in [2.24, 2.45) is 5.73 Å². The van der Waals surface area contributed by atoms with E-state index in [1.165, 1.54) is 4.68 Å². The summed E-state index contributed by atoms with van der Waals surface area (Å²) in [5, 5.41) is 7.54. The van der Waals surface area contributed by atoms with Crippen LogP contribution in [0, 0.1) is 11.6 Å². The Morgan fingerprint density at radius 1 is 1.40 bits per heavy atom. The molecule has 0 radical (unpaired) electrons. The number of nitrogens with two attached hydrogens (primary N) is 1. The first-order chi connectivity index (χ1) is 7.13. The Morgan fingerprint density at radius 3 is 2.73 bits per heavy atom. The van der Waals surface area contributed by atoms with E-state index in [-0.39, 0.29) is 6.04 Å². The second-order valence-electron chi connectivity index (χ2n) is 3.37. The van der Waals surface area contributed by atoms with Gasteiger partial charge >= 0.3 is 0 Å². The first-order valence-corrected chi connectivity index (χ1v) is 4.53. The molecule has 0 aliphatic rings. The van der Waals surface area contributed by atoms with E-state index in [9.17, 15) is 8.78 Å². The summed E-state index contributed by atoms with van der Waals surface area (Å²) < 4.78 is 27.3. The molecule has 0 spiro atoms. The number of hydrogen-bond acceptors (Lipinski definition) is 3. The molecule has 0 saturated carbocycles. The number of fused-ring (bicyclic) bond motifs is 1. The van der Waals surface area contributed by atoms with Gasteiger partial charge in [0, 0.05) is 18.7 Å². The monoisotopic (exact) mass is 212 g/mol. The average Bonchev–Trinajstić information content (AvgIpc) is 2.61. The second kappa shape index (κ2) is 3.54. The molecule has 4 nitrogen and oxygen atoms in total. The standard InChI is InChI=1S/C9H10F2N4/c1-5(4-12)15-9-3-7(11)6(10)2-8(9)13-14-15/h2-3,5H,4,12H2,1H3. The van der Waals surface area contributed by atoms with E-state index < -0.39 is 11.6 Å². The van der Waals surface area contributed by atoms with Gasteiger partial charge in [-0.2, -0.15) is 0 Å². The van der Waals surface area contributed by atoms with Crippen molar-refractivity contribution < 1.29 is 8.78 Å². The Kier molecular flexibility index (Phi) is 2.36. The van der Waals surface area contributed by atoms with Crippen LogP contribution in [0.3, 0.4) is 0 Å². The Labute approximate surface area is 84.7 Å². The van der Waals surface area contributed by atoms with Crippen molar-refractivity contribution in [1.82, 2.24) is 15.0 Å². The molecule has 0 saturated heterocycles. The minimum atomic E-state index is -0.921. The maximum Gasteiger partial charge on any atom is 0.161 e. The Hall–Kier alpha value is -1.56. The van der Waals surface area contributed by atoms with E-state index in [2.05, 4.69) is 10.3 Å². The molecule has 80 valence electrons. The molecule has 1 heterocycles. The minimum Gasteiger partial charge on any atom is -0.328 e. The van der Waals surface area contributed by atoms with Crippen molar-refractivity contribution >= 4 is 11.0 Å². The van der Waals surface area contributed by atoms with Gasteiger partial charge in [-0.3, -0.25) is 0 Å². The van der Waals surface area contributed by atoms with E-state index in [0.29, 0.717) is 17.6 Å². The summed E-state index contributed by atoms with van der Waals surface area (Å²) in [6.07, 6.45) is 0. The van der Waals surface area contributed by atoms with Crippen LogP contribution in [0.1, 0.15) is 13.0 Å². The van der Waals surface area contributed by atoms with E-state index >= 15 is 0 Å². The Balaban J connectivity index is 2.64. The molecule has 0 aliphatic heterocycles. The first kappa shape index (κ1) is 9.97. The van der Waals surface area contributed by atoms with Crippen LogP contribution < -0.4 is 5.73 Å². The summed E-state index contributed by atoms with van der Waals surface area (Å²) in [6, 6.07) is 2.01. The zero-order valence-electron chi connectivity index (χ0n) is 8.11. The Morgan fingerprint density at radius 2 is 2.07 bits per heavy atom. The second-order valence-corrected chi connectivity index (χ2v) is 3.37. The Bertz CT molecular complexity index is 494. The molecule has 2 rings (SSSR count). The van der Waals surface area contributed by atoms with Gasteiger partial charge in [-0.15, -0.1) is 5.10 Å². The fourth-order valence-corrected chi connectivity index (χ4v) is 1.36. The summed E-state index contributed by atoms with van der Waals surface area (Å²) in [5.41, 5.74) is 6.24. The highest BCUT2D eigenvalue weighted by Gasteiger charge is 2.13. The van der Waals surface area contributed by atoms with Gasteiger partial charge in [-0.25, -0.2) is 13.5 Å². The molecule has 1 aromatic carbocycles. The highest BCUT2D eigenvalue weighted by Crippen LogP contribution is 2.18. The number of hydrogen-bond donors (Lipinski definition) is 1. The summed E-state index contributed by atoms with van der Waals surface area (Å²) in [5.74, 6) is -1.83. The van der Waals surface area contributed by atoms with Gasteiger partial charge < -0.3 is 5.73 Å². The summed E-state index contributed by atoms with van der Waals surface area (Å²) >= 11 is 0. The highest BCUT2D eigenvalue weighted by atomic mass is 19.2. The topological polar surface area (TPSA) is 56.7 Å². The van der Waals surface area contributed by atoms with Gasteiger partial charge in [0.1, 0.15) is 5.52 Å². The third-order valence-electron chi connectivity index (χ3n) is 2.27. The zero-order valence-corrected chi connectivity index (χ0v) is 8.11. The van der Waals surface area contributed by atoms with Crippen LogP contribution in [0.15, 0.2) is 12.1 Å². The fraction of sp³-hybridized carbons (Fsp3) is 0.333. The van der Waals surface area contributed by atoms with Crippen molar-refractivity contribution in [3.05, 3.63) is 23.8 Å². The van der Waals surface area contributed by atoms with Crippen LogP contribution >= 0.6 is 0 Å². The third kappa shape index (κ3) is 1.56. The van der Waals surface area contributed by atoms with Gasteiger partial charge in [0.15, 0.2) is 11.6 Å². The van der Waals surface area contributed by atoms with E-state index in [0.717, 1.165) is 12.1 Å². The van der Waals surface area contributed by atoms with Crippen molar-refractivity contribution in [3.63, 3.8) is 0 Å². The molecule has 1 aromatic heterocycles. The largest absolute Gasteiger partial charge is 0.328 e. The summed E-state index contributed by atoms with van der Waals surface area (Å²) in [6.45, 7) is 2.19. The molecular formula is C9H10F2N4. The molecule has 0 amide bonds. The van der Waals surface area contributed by atoms with Gasteiger partial charge in [0.2, 0.25) is 0 Å². The number of benzene rings is 1. The lowest BCUT2D eigenvalue weighted by Crippen LogP contribution is -2.17. The minimum absolute atomic E-state index is 0.0974. The molecule has 15 heavy (non-hydrogen) atoms. The first-order valence-electron chi connectivity index (χ1n) is 4.53. The SMILES string of the molecule is CC(CN)n1nnc2cc(F)c(F)cc21. The van der Waals surface area contributed by atoms with E-state index in [1.807, 2.05) is 6.92 Å². The quantitative estimate of drug-likeness (QED) is 0.814. The molecule has 6 heteroatoms. The van der Waals surface area contributed by atoms with Crippen molar-refractivity contribution in [2.45, 2.75) is 13.0 Å². The number of halogens is 2. The fourth-order valence-electron chi connectivity index (χ4n) is 1.36. The highest BCUT2D eigenvalue weighted by molar-refractivity contribution is 5.74. The summed E-state index contributed by atoms with van der Waals surface area (Å²) in [4.78, 5) is 0. The maximum absolute atomic E-state index is 13.0. The van der Waals surface area contributed by atoms with Crippen LogP contribution in [0.4, 0.5) is 8.78 Å². The molecule has 0 bridgehead atoms. The van der Waals surface area contributed by atoms with Crippen molar-refractivity contribution in [3.8, 4) is 0 Å². The van der Waals surface area contributed by atoms with Crippen LogP contribution in [-0.4, -0.2) is 21.5 Å². The van der Waals surface area contributed by atoms with E-state index in [4.69, 9.17) is 5.73 Å². The lowest BCUT2D eigenvalue weighted by Gasteiger charge is -2.08. The van der Waals surface area contributed by atoms with Crippen LogP contribution in [0.5, 0.6) is 0 Å². The molecule has 0 fully saturated rings. The number of rotatable bonds is 2. The van der Waals surface area contributed by atoms with Crippen LogP contribution in [0.2, 0.25) is 0 Å². The smallest absolute Gasteiger partial charge is 0.161 e. The molecule has 2 N–H and O–H groups in total. The zero-order chi connectivity index (χ0) is 11.0. The average molecular weight is 212 g/mol. The molecule has 0 aliphatic carbocycles. The van der Waals surface area contributed by atoms with E-state index in [1.54, 1.807) is 0 Å². The van der Waals surface area contributed by atoms with Crippen LogP contribution in [0.25, 0.3) is 11.0 Å². The molecule has 1 unspecified atom stereocenters. The molecule has 2 aromatic rings. The predicted molar refractivity (Wildman–Crippen MR) is 51.2 cm³/mol. The van der Waals surface area contributed by atoms with Crippen LogP contribution in [-0.2, 0) is 0 Å².